The van der Waals surface area contributed by atoms with E-state index in [-0.39, 0.29) is 0 Å². The molecule has 0 fully saturated rings. The first-order chi connectivity index (χ1) is 6.18. The lowest BCUT2D eigenvalue weighted by Crippen LogP contribution is -2.13. The summed E-state index contributed by atoms with van der Waals surface area (Å²) in [5.74, 6) is 0. The quantitative estimate of drug-likeness (QED) is 0.722. The summed E-state index contributed by atoms with van der Waals surface area (Å²) in [4.78, 5) is 3.25. The number of nitrogens with zero attached hydrogens (tertiary/aromatic N) is 1. The van der Waals surface area contributed by atoms with Crippen molar-refractivity contribution in [1.29, 1.82) is 0 Å². The Morgan fingerprint density at radius 1 is 1.15 bits per heavy atom. The Labute approximate surface area is 86.2 Å². The highest BCUT2D eigenvalue weighted by atomic mass is 32.1. The molecule has 0 saturated carbocycles. The molecular weight excluding hydrogens is 178 g/mol. The van der Waals surface area contributed by atoms with Crippen molar-refractivity contribution in [3.8, 4) is 0 Å². The molecule has 0 aromatic heterocycles. The van der Waals surface area contributed by atoms with Gasteiger partial charge in [0.25, 0.3) is 0 Å². The minimum absolute atomic E-state index is 1.04. The Morgan fingerprint density at radius 3 is 2.31 bits per heavy atom. The van der Waals surface area contributed by atoms with Crippen LogP contribution in [0, 0.1) is 0 Å². The number of aryl methyl sites for hydroxylation is 1. The minimum Gasteiger partial charge on any atom is -0.309 e. The fourth-order valence-electron chi connectivity index (χ4n) is 1.26. The van der Waals surface area contributed by atoms with Gasteiger partial charge in [0.15, 0.2) is 0 Å². The monoisotopic (exact) mass is 195 g/mol. The second kappa shape index (κ2) is 5.30. The molecule has 0 atom stereocenters. The van der Waals surface area contributed by atoms with Gasteiger partial charge in [-0.25, -0.2) is 0 Å². The minimum atomic E-state index is 1.04. The van der Waals surface area contributed by atoms with E-state index < -0.39 is 0 Å². The molecule has 0 aliphatic heterocycles. The van der Waals surface area contributed by atoms with Gasteiger partial charge >= 0.3 is 0 Å². The van der Waals surface area contributed by atoms with E-state index in [2.05, 4.69) is 43.8 Å². The van der Waals surface area contributed by atoms with Crippen LogP contribution in [0.5, 0.6) is 0 Å². The fraction of sp³-hybridized carbons (Fsp3) is 0.455. The van der Waals surface area contributed by atoms with E-state index >= 15 is 0 Å². The van der Waals surface area contributed by atoms with Gasteiger partial charge in [0.1, 0.15) is 0 Å². The molecule has 0 unspecified atom stereocenters. The van der Waals surface area contributed by atoms with Gasteiger partial charge in [-0.1, -0.05) is 12.1 Å². The van der Waals surface area contributed by atoms with Crippen molar-refractivity contribution in [2.24, 2.45) is 0 Å². The standard InChI is InChI=1S/C11H17NS/c1-12(2)9-3-4-10-5-7-11(13)8-6-10/h5-8,13H,3-4,9H2,1-2H3. The third kappa shape index (κ3) is 4.34. The molecule has 0 N–H and O–H groups in total. The Balaban J connectivity index is 2.33. The predicted octanol–water partition coefficient (Wildman–Crippen LogP) is 2.47. The van der Waals surface area contributed by atoms with Crippen molar-refractivity contribution < 1.29 is 0 Å². The summed E-state index contributed by atoms with van der Waals surface area (Å²) in [7, 11) is 4.22. The van der Waals surface area contributed by atoms with Crippen LogP contribution in [0.1, 0.15) is 12.0 Å². The molecule has 0 aliphatic carbocycles. The summed E-state index contributed by atoms with van der Waals surface area (Å²) in [5, 5.41) is 0. The average Bonchev–Trinajstić information content (AvgIpc) is 2.08. The van der Waals surface area contributed by atoms with Crippen molar-refractivity contribution >= 4 is 12.6 Å². The largest absolute Gasteiger partial charge is 0.309 e. The molecule has 1 aromatic rings. The first-order valence-corrected chi connectivity index (χ1v) is 5.06. The van der Waals surface area contributed by atoms with Gasteiger partial charge in [0.05, 0.1) is 0 Å². The van der Waals surface area contributed by atoms with Crippen LogP contribution in [0.4, 0.5) is 0 Å². The molecule has 72 valence electrons. The first-order valence-electron chi connectivity index (χ1n) is 4.61. The van der Waals surface area contributed by atoms with E-state index in [4.69, 9.17) is 0 Å². The molecule has 0 heterocycles. The van der Waals surface area contributed by atoms with Crippen LogP contribution in [0.2, 0.25) is 0 Å². The lowest BCUT2D eigenvalue weighted by molar-refractivity contribution is 0.400. The average molecular weight is 195 g/mol. The molecule has 0 bridgehead atoms. The van der Waals surface area contributed by atoms with E-state index in [1.165, 1.54) is 12.0 Å². The van der Waals surface area contributed by atoms with Gasteiger partial charge in [0, 0.05) is 4.90 Å². The van der Waals surface area contributed by atoms with Crippen LogP contribution >= 0.6 is 12.6 Å². The van der Waals surface area contributed by atoms with Crippen LogP contribution < -0.4 is 0 Å². The summed E-state index contributed by atoms with van der Waals surface area (Å²) in [6.07, 6.45) is 2.38. The zero-order chi connectivity index (χ0) is 9.68. The van der Waals surface area contributed by atoms with Gasteiger partial charge in [-0.3, -0.25) is 0 Å². The van der Waals surface area contributed by atoms with E-state index in [0.29, 0.717) is 0 Å². The molecule has 0 aliphatic rings. The van der Waals surface area contributed by atoms with Crippen molar-refractivity contribution in [2.45, 2.75) is 17.7 Å². The normalized spacial score (nSPS) is 10.8. The maximum Gasteiger partial charge on any atom is 0.00401 e. The van der Waals surface area contributed by atoms with Gasteiger partial charge < -0.3 is 4.90 Å². The SMILES string of the molecule is CN(C)CCCc1ccc(S)cc1. The Kier molecular flexibility index (Phi) is 4.33. The molecule has 1 rings (SSSR count). The van der Waals surface area contributed by atoms with E-state index in [9.17, 15) is 0 Å². The molecule has 1 aromatic carbocycles. The number of benzene rings is 1. The topological polar surface area (TPSA) is 3.24 Å². The molecule has 0 spiro atoms. The van der Waals surface area contributed by atoms with Crippen LogP contribution in [-0.2, 0) is 6.42 Å². The fourth-order valence-corrected chi connectivity index (χ4v) is 1.41. The second-order valence-corrected chi connectivity index (χ2v) is 4.09. The van der Waals surface area contributed by atoms with Crippen LogP contribution in [0.25, 0.3) is 0 Å². The summed E-state index contributed by atoms with van der Waals surface area (Å²) >= 11 is 4.25. The molecule has 1 nitrogen and oxygen atoms in total. The van der Waals surface area contributed by atoms with Gasteiger partial charge in [-0.15, -0.1) is 12.6 Å². The Morgan fingerprint density at radius 2 is 1.77 bits per heavy atom. The maximum atomic E-state index is 4.25. The van der Waals surface area contributed by atoms with Crippen molar-refractivity contribution in [2.75, 3.05) is 20.6 Å². The Bertz CT molecular complexity index is 241. The first kappa shape index (κ1) is 10.6. The van der Waals surface area contributed by atoms with Crippen molar-refractivity contribution in [3.05, 3.63) is 29.8 Å². The third-order valence-corrected chi connectivity index (χ3v) is 2.31. The molecule has 13 heavy (non-hydrogen) atoms. The van der Waals surface area contributed by atoms with Gasteiger partial charge in [-0.2, -0.15) is 0 Å². The maximum absolute atomic E-state index is 4.25. The number of hydrogen-bond donors (Lipinski definition) is 1. The zero-order valence-corrected chi connectivity index (χ0v) is 9.22. The molecule has 0 radical (unpaired) electrons. The third-order valence-electron chi connectivity index (χ3n) is 2.01. The highest BCUT2D eigenvalue weighted by Crippen LogP contribution is 2.09. The van der Waals surface area contributed by atoms with Crippen molar-refractivity contribution in [3.63, 3.8) is 0 Å². The zero-order valence-electron chi connectivity index (χ0n) is 8.33. The highest BCUT2D eigenvalue weighted by Gasteiger charge is 1.94. The van der Waals surface area contributed by atoms with Crippen LogP contribution in [0.15, 0.2) is 29.2 Å². The summed E-state index contributed by atoms with van der Waals surface area (Å²) in [5.41, 5.74) is 1.40. The van der Waals surface area contributed by atoms with Gasteiger partial charge in [-0.05, 0) is 51.2 Å². The second-order valence-electron chi connectivity index (χ2n) is 3.57. The van der Waals surface area contributed by atoms with Crippen molar-refractivity contribution in [1.82, 2.24) is 4.90 Å². The summed E-state index contributed by atoms with van der Waals surface area (Å²) in [6.45, 7) is 1.16. The Hall–Kier alpha value is -0.470. The van der Waals surface area contributed by atoms with Crippen LogP contribution in [0.3, 0.4) is 0 Å². The summed E-state index contributed by atoms with van der Waals surface area (Å²) < 4.78 is 0. The number of rotatable bonds is 4. The molecular formula is C11H17NS. The molecule has 0 saturated heterocycles. The molecule has 0 amide bonds. The van der Waals surface area contributed by atoms with E-state index in [1.54, 1.807) is 0 Å². The predicted molar refractivity (Wildman–Crippen MR) is 60.6 cm³/mol. The highest BCUT2D eigenvalue weighted by molar-refractivity contribution is 7.80. The van der Waals surface area contributed by atoms with E-state index in [1.807, 2.05) is 12.1 Å². The van der Waals surface area contributed by atoms with Crippen LogP contribution in [-0.4, -0.2) is 25.5 Å². The summed E-state index contributed by atoms with van der Waals surface area (Å²) in [6, 6.07) is 8.40. The van der Waals surface area contributed by atoms with Gasteiger partial charge in [0.2, 0.25) is 0 Å². The lowest BCUT2D eigenvalue weighted by atomic mass is 10.1. The smallest absolute Gasteiger partial charge is 0.00401 e. The van der Waals surface area contributed by atoms with E-state index in [0.717, 1.165) is 17.9 Å². The lowest BCUT2D eigenvalue weighted by Gasteiger charge is -2.08. The molecule has 2 heteroatoms. The number of hydrogen-bond acceptors (Lipinski definition) is 2. The number of thiol groups is 1.